The van der Waals surface area contributed by atoms with Crippen LogP contribution in [0.5, 0.6) is 5.75 Å². The van der Waals surface area contributed by atoms with Gasteiger partial charge in [-0.15, -0.1) is 24.0 Å². The second-order valence-electron chi connectivity index (χ2n) is 4.90. The molecule has 0 aliphatic rings. The smallest absolute Gasteiger partial charge is 0.387 e. The molecular weight excluding hydrogens is 446 g/mol. The maximum Gasteiger partial charge on any atom is 0.387 e. The van der Waals surface area contributed by atoms with Crippen LogP contribution in [0.1, 0.15) is 11.1 Å². The number of aliphatic imine (C=N–C) groups is 1. The fraction of sp³-hybridized carbons (Fsp3) is 0.235. The van der Waals surface area contributed by atoms with Gasteiger partial charge in [0.25, 0.3) is 0 Å². The lowest BCUT2D eigenvalue weighted by atomic mass is 10.2. The predicted octanol–water partition coefficient (Wildman–Crippen LogP) is 3.91. The summed E-state index contributed by atoms with van der Waals surface area (Å²) in [5.74, 6) is 0.273. The molecule has 0 aliphatic carbocycles. The zero-order chi connectivity index (χ0) is 17.4. The minimum Gasteiger partial charge on any atom is -0.435 e. The molecule has 0 fully saturated rings. The first-order valence-corrected chi connectivity index (χ1v) is 7.30. The third kappa shape index (κ3) is 7.20. The normalized spacial score (nSPS) is 11.0. The predicted molar refractivity (Wildman–Crippen MR) is 102 cm³/mol. The minimum atomic E-state index is -2.86. The molecule has 2 aromatic rings. The van der Waals surface area contributed by atoms with Crippen molar-refractivity contribution in [2.24, 2.45) is 4.99 Å². The number of guanidine groups is 1. The Morgan fingerprint density at radius 2 is 1.80 bits per heavy atom. The molecule has 0 saturated heterocycles. The second-order valence-corrected chi connectivity index (χ2v) is 4.90. The van der Waals surface area contributed by atoms with Gasteiger partial charge in [-0.1, -0.05) is 30.3 Å². The summed E-state index contributed by atoms with van der Waals surface area (Å²) in [4.78, 5) is 4.04. The van der Waals surface area contributed by atoms with Gasteiger partial charge in [0.15, 0.2) is 5.96 Å². The number of hydrogen-bond donors (Lipinski definition) is 2. The zero-order valence-corrected chi connectivity index (χ0v) is 15.8. The molecule has 0 radical (unpaired) electrons. The number of ether oxygens (including phenoxy) is 1. The van der Waals surface area contributed by atoms with Crippen molar-refractivity contribution in [3.63, 3.8) is 0 Å². The summed E-state index contributed by atoms with van der Waals surface area (Å²) in [5.41, 5.74) is 1.27. The quantitative estimate of drug-likeness (QED) is 0.387. The number of alkyl halides is 2. The Labute approximate surface area is 161 Å². The lowest BCUT2D eigenvalue weighted by Gasteiger charge is -2.13. The van der Waals surface area contributed by atoms with Crippen LogP contribution in [0.4, 0.5) is 13.2 Å². The van der Waals surface area contributed by atoms with E-state index in [0.29, 0.717) is 18.1 Å². The molecule has 0 heterocycles. The Bertz CT molecular complexity index is 698. The Kier molecular flexibility index (Phi) is 9.11. The first-order valence-electron chi connectivity index (χ1n) is 7.30. The van der Waals surface area contributed by atoms with Gasteiger partial charge in [-0.3, -0.25) is 4.99 Å². The van der Waals surface area contributed by atoms with Crippen LogP contribution in [0.25, 0.3) is 0 Å². The highest BCUT2D eigenvalue weighted by atomic mass is 127. The lowest BCUT2D eigenvalue weighted by Crippen LogP contribution is -2.36. The van der Waals surface area contributed by atoms with E-state index in [1.54, 1.807) is 37.4 Å². The second kappa shape index (κ2) is 10.8. The monoisotopic (exact) mass is 465 g/mol. The van der Waals surface area contributed by atoms with E-state index in [9.17, 15) is 13.2 Å². The van der Waals surface area contributed by atoms with E-state index in [1.165, 1.54) is 18.2 Å². The standard InChI is InChI=1S/C17H18F3N3O.HI/c1-21-17(23-11-13-6-2-3-8-15(13)18)22-10-12-5-4-7-14(9-12)24-16(19)20;/h2-9,16H,10-11H2,1H3,(H2,21,22,23);1H. The molecule has 0 saturated carbocycles. The average molecular weight is 465 g/mol. The van der Waals surface area contributed by atoms with Gasteiger partial charge < -0.3 is 15.4 Å². The van der Waals surface area contributed by atoms with Crippen LogP contribution in [0.2, 0.25) is 0 Å². The van der Waals surface area contributed by atoms with Crippen LogP contribution >= 0.6 is 24.0 Å². The summed E-state index contributed by atoms with van der Waals surface area (Å²) in [6.07, 6.45) is 0. The molecule has 0 aliphatic heterocycles. The van der Waals surface area contributed by atoms with Crippen LogP contribution in [0, 0.1) is 5.82 Å². The molecule has 0 aromatic heterocycles. The van der Waals surface area contributed by atoms with Gasteiger partial charge >= 0.3 is 6.61 Å². The van der Waals surface area contributed by atoms with Crippen LogP contribution in [0.15, 0.2) is 53.5 Å². The lowest BCUT2D eigenvalue weighted by molar-refractivity contribution is -0.0498. The zero-order valence-electron chi connectivity index (χ0n) is 13.5. The highest BCUT2D eigenvalue weighted by Gasteiger charge is 2.06. The van der Waals surface area contributed by atoms with E-state index in [1.807, 2.05) is 0 Å². The fourth-order valence-corrected chi connectivity index (χ4v) is 2.06. The molecule has 25 heavy (non-hydrogen) atoms. The molecule has 8 heteroatoms. The molecule has 0 spiro atoms. The largest absolute Gasteiger partial charge is 0.435 e. The Hall–Kier alpha value is -1.97. The molecule has 2 aromatic carbocycles. The SMILES string of the molecule is CN=C(NCc1cccc(OC(F)F)c1)NCc1ccccc1F.I. The summed E-state index contributed by atoms with van der Waals surface area (Å²) < 4.78 is 42.4. The Balaban J connectivity index is 0.00000312. The van der Waals surface area contributed by atoms with Crippen LogP contribution in [-0.4, -0.2) is 19.6 Å². The summed E-state index contributed by atoms with van der Waals surface area (Å²) in [5, 5.41) is 6.02. The maximum atomic E-state index is 13.6. The van der Waals surface area contributed by atoms with Gasteiger partial charge in [-0.05, 0) is 23.8 Å². The molecule has 0 amide bonds. The van der Waals surface area contributed by atoms with Crippen molar-refractivity contribution in [1.29, 1.82) is 0 Å². The van der Waals surface area contributed by atoms with E-state index in [2.05, 4.69) is 20.4 Å². The van der Waals surface area contributed by atoms with Crippen molar-refractivity contribution >= 4 is 29.9 Å². The first-order chi connectivity index (χ1) is 11.6. The summed E-state index contributed by atoms with van der Waals surface area (Å²) in [6, 6.07) is 12.8. The number of rotatable bonds is 6. The Morgan fingerprint density at radius 3 is 2.48 bits per heavy atom. The molecular formula is C17H19F3IN3O. The molecule has 2 rings (SSSR count). The highest BCUT2D eigenvalue weighted by molar-refractivity contribution is 14.0. The molecule has 0 bridgehead atoms. The van der Waals surface area contributed by atoms with E-state index in [0.717, 1.165) is 5.56 Å². The van der Waals surface area contributed by atoms with E-state index in [-0.39, 0.29) is 42.1 Å². The molecule has 2 N–H and O–H groups in total. The van der Waals surface area contributed by atoms with Crippen molar-refractivity contribution in [3.8, 4) is 5.75 Å². The van der Waals surface area contributed by atoms with Crippen LogP contribution in [0.3, 0.4) is 0 Å². The van der Waals surface area contributed by atoms with Crippen molar-refractivity contribution in [3.05, 3.63) is 65.5 Å². The number of hydrogen-bond acceptors (Lipinski definition) is 2. The highest BCUT2D eigenvalue weighted by Crippen LogP contribution is 2.15. The van der Waals surface area contributed by atoms with Crippen molar-refractivity contribution in [2.45, 2.75) is 19.7 Å². The third-order valence-corrected chi connectivity index (χ3v) is 3.21. The van der Waals surface area contributed by atoms with Gasteiger partial charge in [0.1, 0.15) is 11.6 Å². The van der Waals surface area contributed by atoms with Crippen LogP contribution in [-0.2, 0) is 13.1 Å². The molecule has 136 valence electrons. The van der Waals surface area contributed by atoms with Crippen molar-refractivity contribution in [2.75, 3.05) is 7.05 Å². The maximum absolute atomic E-state index is 13.6. The van der Waals surface area contributed by atoms with Crippen molar-refractivity contribution < 1.29 is 17.9 Å². The summed E-state index contributed by atoms with van der Waals surface area (Å²) in [6.45, 7) is -2.22. The molecule has 0 atom stereocenters. The summed E-state index contributed by atoms with van der Waals surface area (Å²) >= 11 is 0. The van der Waals surface area contributed by atoms with E-state index < -0.39 is 6.61 Å². The fourth-order valence-electron chi connectivity index (χ4n) is 2.06. The topological polar surface area (TPSA) is 45.7 Å². The number of nitrogens with one attached hydrogen (secondary N) is 2. The first kappa shape index (κ1) is 21.1. The van der Waals surface area contributed by atoms with Gasteiger partial charge in [0.2, 0.25) is 0 Å². The van der Waals surface area contributed by atoms with E-state index in [4.69, 9.17) is 0 Å². The summed E-state index contributed by atoms with van der Waals surface area (Å²) in [7, 11) is 1.59. The minimum absolute atomic E-state index is 0. The van der Waals surface area contributed by atoms with E-state index >= 15 is 0 Å². The third-order valence-electron chi connectivity index (χ3n) is 3.21. The molecule has 4 nitrogen and oxygen atoms in total. The van der Waals surface area contributed by atoms with Crippen LogP contribution < -0.4 is 15.4 Å². The number of nitrogens with zero attached hydrogens (tertiary/aromatic N) is 1. The van der Waals surface area contributed by atoms with Gasteiger partial charge in [-0.25, -0.2) is 4.39 Å². The number of halogens is 4. The number of benzene rings is 2. The average Bonchev–Trinajstić information content (AvgIpc) is 2.56. The van der Waals surface area contributed by atoms with Gasteiger partial charge in [0, 0.05) is 25.7 Å². The molecule has 0 unspecified atom stereocenters. The van der Waals surface area contributed by atoms with Crippen molar-refractivity contribution in [1.82, 2.24) is 10.6 Å². The van der Waals surface area contributed by atoms with Gasteiger partial charge in [0.05, 0.1) is 0 Å². The Morgan fingerprint density at radius 1 is 1.08 bits per heavy atom. The van der Waals surface area contributed by atoms with Gasteiger partial charge in [-0.2, -0.15) is 8.78 Å².